The third-order valence-electron chi connectivity index (χ3n) is 12.0. The number of rotatable bonds is 51. The molecule has 0 heterocycles. The summed E-state index contributed by atoms with van der Waals surface area (Å²) < 4.78 is 27.0. The zero-order valence-electron chi connectivity index (χ0n) is 41.8. The Bertz CT molecular complexity index is 974. The lowest BCUT2D eigenvalue weighted by atomic mass is 10.0. The monoisotopic (exact) mass is 898 g/mol. The maximum atomic E-state index is 13.4. The minimum atomic E-state index is -0.915. The van der Waals surface area contributed by atoms with Gasteiger partial charge in [-0.3, -0.25) is 9.59 Å². The van der Waals surface area contributed by atoms with Crippen LogP contribution in [-0.4, -0.2) is 97.0 Å². The number of ether oxygens (including phenoxy) is 5. The van der Waals surface area contributed by atoms with Gasteiger partial charge in [0.2, 0.25) is 11.8 Å². The van der Waals surface area contributed by atoms with E-state index in [4.69, 9.17) is 23.7 Å². The molecule has 11 heteroatoms. The minimum Gasteiger partial charge on any atom is -0.446 e. The zero-order valence-corrected chi connectivity index (χ0v) is 41.8. The molecule has 0 radical (unpaired) electrons. The number of unbranched alkanes of at least 4 members (excludes halogenated alkanes) is 29. The highest BCUT2D eigenvalue weighted by atomic mass is 16.6. The summed E-state index contributed by atoms with van der Waals surface area (Å²) in [5.74, 6) is -0.578. The molecule has 63 heavy (non-hydrogen) atoms. The molecule has 0 spiro atoms. The van der Waals surface area contributed by atoms with Crippen molar-refractivity contribution in [1.29, 1.82) is 0 Å². The van der Waals surface area contributed by atoms with Gasteiger partial charge in [-0.05, 0) is 32.1 Å². The lowest BCUT2D eigenvalue weighted by molar-refractivity contribution is -0.124. The molecule has 0 aliphatic carbocycles. The van der Waals surface area contributed by atoms with Gasteiger partial charge in [0.25, 0.3) is 0 Å². The number of hydrogen-bond acceptors (Lipinski definition) is 8. The third-order valence-corrected chi connectivity index (χ3v) is 12.0. The molecule has 0 saturated heterocycles. The number of nitrogens with one attached hydrogen (secondary N) is 3. The molecular formula is C52H103N3O8. The minimum absolute atomic E-state index is 0.0719. The van der Waals surface area contributed by atoms with E-state index in [1.165, 1.54) is 173 Å². The van der Waals surface area contributed by atoms with Crippen molar-refractivity contribution in [2.45, 2.75) is 251 Å². The van der Waals surface area contributed by atoms with Gasteiger partial charge in [-0.25, -0.2) is 4.79 Å². The standard InChI is InChI=1S/C52H103N3O8/c1-5-7-9-11-13-15-17-19-21-23-25-27-29-31-33-35-37-48(36-34-32-30-28-26-24-22-20-18-16-14-12-10-8-6-2)63-52(58)55-49(51(57)54-41-43-62-47-45-60-4)38-39-50(56)53-40-42-61-46-44-59-3/h48-49H,5-47H2,1-4H3,(H,53,56)(H,54,57)(H,55,58)/t48?,49-/m1/s1. The first-order chi connectivity index (χ1) is 31.0. The van der Waals surface area contributed by atoms with Crippen LogP contribution >= 0.6 is 0 Å². The van der Waals surface area contributed by atoms with Crippen molar-refractivity contribution in [3.8, 4) is 0 Å². The van der Waals surface area contributed by atoms with E-state index in [0.717, 1.165) is 38.5 Å². The highest BCUT2D eigenvalue weighted by molar-refractivity contribution is 5.86. The lowest BCUT2D eigenvalue weighted by Gasteiger charge is -2.22. The Kier molecular flexibility index (Phi) is 49.5. The van der Waals surface area contributed by atoms with Crippen LogP contribution in [-0.2, 0) is 33.3 Å². The predicted octanol–water partition coefficient (Wildman–Crippen LogP) is 12.7. The first kappa shape index (κ1) is 61.0. The molecule has 0 aromatic heterocycles. The summed E-state index contributed by atoms with van der Waals surface area (Å²) >= 11 is 0. The van der Waals surface area contributed by atoms with Crippen LogP contribution in [0, 0.1) is 0 Å². The number of methoxy groups -OCH3 is 2. The van der Waals surface area contributed by atoms with Crippen LogP contribution in [0.15, 0.2) is 0 Å². The average molecular weight is 898 g/mol. The predicted molar refractivity (Wildman–Crippen MR) is 262 cm³/mol. The second-order valence-electron chi connectivity index (χ2n) is 17.9. The van der Waals surface area contributed by atoms with E-state index in [1.807, 2.05) is 0 Å². The molecule has 3 amide bonds. The SMILES string of the molecule is CCCCCCCCCCCCCCCCCCC(CCCCCCCCCCCCCCCCC)OC(=O)N[C@H](CCC(=O)NCCOCCOC)C(=O)NCCOCCOC. The van der Waals surface area contributed by atoms with Gasteiger partial charge in [-0.1, -0.05) is 200 Å². The van der Waals surface area contributed by atoms with Gasteiger partial charge in [-0.2, -0.15) is 0 Å². The Morgan fingerprint density at radius 2 is 0.762 bits per heavy atom. The molecule has 0 rings (SSSR count). The van der Waals surface area contributed by atoms with E-state index in [0.29, 0.717) is 46.2 Å². The number of amides is 3. The molecule has 3 N–H and O–H groups in total. The molecule has 0 bridgehead atoms. The topological polar surface area (TPSA) is 133 Å². The Balaban J connectivity index is 4.91. The third kappa shape index (κ3) is 46.4. The molecule has 0 fully saturated rings. The van der Waals surface area contributed by atoms with Crippen LogP contribution in [0.5, 0.6) is 0 Å². The number of alkyl carbamates (subject to hydrolysis) is 1. The smallest absolute Gasteiger partial charge is 0.408 e. The molecule has 2 atom stereocenters. The molecule has 0 saturated carbocycles. The Hall–Kier alpha value is -1.95. The summed E-state index contributed by atoms with van der Waals surface area (Å²) in [6.45, 7) is 7.72. The first-order valence-corrected chi connectivity index (χ1v) is 26.6. The van der Waals surface area contributed by atoms with Gasteiger partial charge >= 0.3 is 6.09 Å². The van der Waals surface area contributed by atoms with Crippen LogP contribution in [0.3, 0.4) is 0 Å². The van der Waals surface area contributed by atoms with Gasteiger partial charge < -0.3 is 39.6 Å². The fraction of sp³-hybridized carbons (Fsp3) is 0.942. The van der Waals surface area contributed by atoms with Crippen LogP contribution in [0.1, 0.15) is 239 Å². The second kappa shape index (κ2) is 51.0. The van der Waals surface area contributed by atoms with Crippen molar-refractivity contribution in [3.05, 3.63) is 0 Å². The normalized spacial score (nSPS) is 12.3. The van der Waals surface area contributed by atoms with Crippen molar-refractivity contribution < 1.29 is 38.1 Å². The van der Waals surface area contributed by atoms with Gasteiger partial charge in [0.05, 0.1) is 39.6 Å². The summed E-state index contributed by atoms with van der Waals surface area (Å²) in [5, 5.41) is 8.48. The highest BCUT2D eigenvalue weighted by Crippen LogP contribution is 2.19. The molecular weight excluding hydrogens is 795 g/mol. The van der Waals surface area contributed by atoms with Gasteiger partial charge in [-0.15, -0.1) is 0 Å². The molecule has 0 aromatic rings. The zero-order chi connectivity index (χ0) is 45.9. The fourth-order valence-electron chi connectivity index (χ4n) is 8.01. The van der Waals surface area contributed by atoms with E-state index in [-0.39, 0.29) is 37.3 Å². The van der Waals surface area contributed by atoms with Crippen LogP contribution < -0.4 is 16.0 Å². The summed E-state index contributed by atoms with van der Waals surface area (Å²) in [4.78, 5) is 39.3. The number of carbonyl (C=O) groups is 3. The number of hydrogen-bond donors (Lipinski definition) is 3. The summed E-state index contributed by atoms with van der Waals surface area (Å²) in [6.07, 6.45) is 42.0. The van der Waals surface area contributed by atoms with E-state index in [2.05, 4.69) is 29.8 Å². The molecule has 11 nitrogen and oxygen atoms in total. The second-order valence-corrected chi connectivity index (χ2v) is 17.9. The van der Waals surface area contributed by atoms with Crippen molar-refractivity contribution in [1.82, 2.24) is 16.0 Å². The van der Waals surface area contributed by atoms with E-state index >= 15 is 0 Å². The van der Waals surface area contributed by atoms with Crippen LogP contribution in [0.4, 0.5) is 4.79 Å². The highest BCUT2D eigenvalue weighted by Gasteiger charge is 2.24. The van der Waals surface area contributed by atoms with E-state index in [9.17, 15) is 14.4 Å². The van der Waals surface area contributed by atoms with Gasteiger partial charge in [0, 0.05) is 33.7 Å². The quantitative estimate of drug-likeness (QED) is 0.0514. The van der Waals surface area contributed by atoms with E-state index < -0.39 is 12.1 Å². The Morgan fingerprint density at radius 3 is 1.13 bits per heavy atom. The largest absolute Gasteiger partial charge is 0.446 e. The molecule has 0 aliphatic rings. The Morgan fingerprint density at radius 1 is 0.413 bits per heavy atom. The Labute approximate surface area is 388 Å². The maximum absolute atomic E-state index is 13.4. The summed E-state index contributed by atoms with van der Waals surface area (Å²) in [7, 11) is 3.22. The molecule has 1 unspecified atom stereocenters. The van der Waals surface area contributed by atoms with Gasteiger partial charge in [0.1, 0.15) is 12.1 Å². The van der Waals surface area contributed by atoms with Crippen LogP contribution in [0.25, 0.3) is 0 Å². The first-order valence-electron chi connectivity index (χ1n) is 26.6. The van der Waals surface area contributed by atoms with Crippen molar-refractivity contribution >= 4 is 17.9 Å². The van der Waals surface area contributed by atoms with Crippen molar-refractivity contribution in [2.75, 3.05) is 67.0 Å². The van der Waals surface area contributed by atoms with Gasteiger partial charge in [0.15, 0.2) is 0 Å². The number of carbonyl (C=O) groups excluding carboxylic acids is 3. The summed E-state index contributed by atoms with van der Waals surface area (Å²) in [5.41, 5.74) is 0. The van der Waals surface area contributed by atoms with Crippen molar-refractivity contribution in [2.24, 2.45) is 0 Å². The molecule has 0 aromatic carbocycles. The lowest BCUT2D eigenvalue weighted by Crippen LogP contribution is -2.48. The molecule has 0 aliphatic heterocycles. The average Bonchev–Trinajstić information content (AvgIpc) is 3.28. The summed E-state index contributed by atoms with van der Waals surface area (Å²) in [6, 6.07) is -0.915. The fourth-order valence-corrected chi connectivity index (χ4v) is 8.01. The van der Waals surface area contributed by atoms with E-state index in [1.54, 1.807) is 14.2 Å². The van der Waals surface area contributed by atoms with Crippen LogP contribution in [0.2, 0.25) is 0 Å². The van der Waals surface area contributed by atoms with Crippen molar-refractivity contribution in [3.63, 3.8) is 0 Å². The maximum Gasteiger partial charge on any atom is 0.408 e. The molecule has 374 valence electrons.